The highest BCUT2D eigenvalue weighted by molar-refractivity contribution is 7.99. The molecular weight excluding hydrogens is 336 g/mol. The first-order valence-electron chi connectivity index (χ1n) is 6.96. The van der Waals surface area contributed by atoms with Gasteiger partial charge in [0.2, 0.25) is 0 Å². The Kier molecular flexibility index (Phi) is 5.92. The fourth-order valence-corrected chi connectivity index (χ4v) is 2.68. The zero-order chi connectivity index (χ0) is 17.7. The normalized spacial score (nSPS) is 10.5. The quantitative estimate of drug-likeness (QED) is 0.643. The minimum absolute atomic E-state index is 0.144. The highest BCUT2D eigenvalue weighted by Gasteiger charge is 2.16. The number of carbonyl (C=O) groups excluding carboxylic acids is 2. The summed E-state index contributed by atoms with van der Waals surface area (Å²) in [5.41, 5.74) is 1.58. The van der Waals surface area contributed by atoms with Crippen molar-refractivity contribution in [3.05, 3.63) is 59.2 Å². The van der Waals surface area contributed by atoms with Crippen LogP contribution in [-0.4, -0.2) is 24.7 Å². The largest absolute Gasteiger partial charge is 0.465 e. The number of thioether (sulfide) groups is 1. The van der Waals surface area contributed by atoms with E-state index in [4.69, 9.17) is 0 Å². The lowest BCUT2D eigenvalue weighted by atomic mass is 10.1. The Morgan fingerprint density at radius 2 is 1.88 bits per heavy atom. The number of alkyl halides is 2. The number of aryl methyl sites for hydroxylation is 1. The number of hydrogen-bond donors (Lipinski definition) is 1. The van der Waals surface area contributed by atoms with Gasteiger partial charge in [-0.25, -0.2) is 4.79 Å². The maximum atomic E-state index is 12.6. The van der Waals surface area contributed by atoms with Crippen molar-refractivity contribution >= 4 is 29.3 Å². The lowest BCUT2D eigenvalue weighted by Crippen LogP contribution is -2.15. The minimum Gasteiger partial charge on any atom is -0.465 e. The SMILES string of the molecule is COC(=O)c1ccc(C)c(NC(=O)c2ccccc2SC(F)F)c1. The summed E-state index contributed by atoms with van der Waals surface area (Å²) in [4.78, 5) is 24.2. The molecule has 1 amide bonds. The number of esters is 1. The van der Waals surface area contributed by atoms with Crippen molar-refractivity contribution in [2.24, 2.45) is 0 Å². The van der Waals surface area contributed by atoms with Crippen LogP contribution >= 0.6 is 11.8 Å². The first-order valence-corrected chi connectivity index (χ1v) is 7.84. The van der Waals surface area contributed by atoms with Crippen LogP contribution < -0.4 is 5.32 Å². The van der Waals surface area contributed by atoms with E-state index < -0.39 is 17.6 Å². The Hall–Kier alpha value is -2.41. The molecule has 7 heteroatoms. The zero-order valence-electron chi connectivity index (χ0n) is 13.0. The second kappa shape index (κ2) is 7.92. The predicted octanol–water partition coefficient (Wildman–Crippen LogP) is 4.35. The average Bonchev–Trinajstić information content (AvgIpc) is 2.56. The maximum absolute atomic E-state index is 12.6. The van der Waals surface area contributed by atoms with Gasteiger partial charge in [-0.05, 0) is 36.8 Å². The van der Waals surface area contributed by atoms with Gasteiger partial charge < -0.3 is 10.1 Å². The number of anilines is 1. The lowest BCUT2D eigenvalue weighted by molar-refractivity contribution is 0.0600. The fourth-order valence-electron chi connectivity index (χ4n) is 2.04. The molecule has 126 valence electrons. The van der Waals surface area contributed by atoms with E-state index in [0.717, 1.165) is 5.56 Å². The molecule has 4 nitrogen and oxygen atoms in total. The van der Waals surface area contributed by atoms with Crippen molar-refractivity contribution in [1.82, 2.24) is 0 Å². The molecule has 0 saturated carbocycles. The van der Waals surface area contributed by atoms with Gasteiger partial charge in [0.1, 0.15) is 0 Å². The van der Waals surface area contributed by atoms with E-state index in [9.17, 15) is 18.4 Å². The Morgan fingerprint density at radius 1 is 1.17 bits per heavy atom. The molecule has 0 spiro atoms. The Balaban J connectivity index is 2.29. The summed E-state index contributed by atoms with van der Waals surface area (Å²) in [6.07, 6.45) is 0. The predicted molar refractivity (Wildman–Crippen MR) is 88.8 cm³/mol. The van der Waals surface area contributed by atoms with Gasteiger partial charge in [0, 0.05) is 10.6 Å². The Morgan fingerprint density at radius 3 is 2.54 bits per heavy atom. The Labute approximate surface area is 142 Å². The first-order chi connectivity index (χ1) is 11.4. The average molecular weight is 351 g/mol. The van der Waals surface area contributed by atoms with Gasteiger partial charge in [0.05, 0.1) is 18.2 Å². The zero-order valence-corrected chi connectivity index (χ0v) is 13.8. The van der Waals surface area contributed by atoms with Gasteiger partial charge >= 0.3 is 5.97 Å². The van der Waals surface area contributed by atoms with Gasteiger partial charge in [-0.15, -0.1) is 0 Å². The monoisotopic (exact) mass is 351 g/mol. The third-order valence-electron chi connectivity index (χ3n) is 3.25. The summed E-state index contributed by atoms with van der Waals surface area (Å²) in [5, 5.41) is 2.65. The number of halogens is 2. The molecule has 0 fully saturated rings. The van der Waals surface area contributed by atoms with E-state index in [2.05, 4.69) is 10.1 Å². The molecule has 0 atom stereocenters. The van der Waals surface area contributed by atoms with Crippen LogP contribution in [0.25, 0.3) is 0 Å². The van der Waals surface area contributed by atoms with E-state index in [-0.39, 0.29) is 16.0 Å². The number of methoxy groups -OCH3 is 1. The summed E-state index contributed by atoms with van der Waals surface area (Å²) >= 11 is 0.312. The van der Waals surface area contributed by atoms with Crippen LogP contribution in [0, 0.1) is 6.92 Å². The van der Waals surface area contributed by atoms with Crippen LogP contribution in [-0.2, 0) is 4.74 Å². The van der Waals surface area contributed by atoms with Gasteiger partial charge in [-0.1, -0.05) is 30.0 Å². The van der Waals surface area contributed by atoms with Crippen LogP contribution in [0.5, 0.6) is 0 Å². The molecule has 0 aliphatic rings. The van der Waals surface area contributed by atoms with Crippen molar-refractivity contribution < 1.29 is 23.1 Å². The third kappa shape index (κ3) is 4.32. The van der Waals surface area contributed by atoms with Crippen LogP contribution in [0.4, 0.5) is 14.5 Å². The molecule has 0 radical (unpaired) electrons. The second-order valence-corrected chi connectivity index (χ2v) is 5.88. The molecule has 0 saturated heterocycles. The van der Waals surface area contributed by atoms with Gasteiger partial charge in [-0.2, -0.15) is 8.78 Å². The van der Waals surface area contributed by atoms with Crippen molar-refractivity contribution in [2.75, 3.05) is 12.4 Å². The molecule has 2 rings (SSSR count). The highest BCUT2D eigenvalue weighted by atomic mass is 32.2. The maximum Gasteiger partial charge on any atom is 0.337 e. The summed E-state index contributed by atoms with van der Waals surface area (Å²) in [7, 11) is 1.26. The second-order valence-electron chi connectivity index (χ2n) is 4.85. The van der Waals surface area contributed by atoms with Crippen LogP contribution in [0.2, 0.25) is 0 Å². The summed E-state index contributed by atoms with van der Waals surface area (Å²) in [5.74, 6) is -3.67. The minimum atomic E-state index is -2.62. The van der Waals surface area contributed by atoms with Gasteiger partial charge in [0.15, 0.2) is 0 Å². The fraction of sp³-hybridized carbons (Fsp3) is 0.176. The van der Waals surface area contributed by atoms with Gasteiger partial charge in [0.25, 0.3) is 11.7 Å². The van der Waals surface area contributed by atoms with Crippen LogP contribution in [0.3, 0.4) is 0 Å². The number of ether oxygens (including phenoxy) is 1. The topological polar surface area (TPSA) is 55.4 Å². The highest BCUT2D eigenvalue weighted by Crippen LogP contribution is 2.29. The molecule has 0 aliphatic carbocycles. The first kappa shape index (κ1) is 17.9. The molecule has 24 heavy (non-hydrogen) atoms. The standard InChI is InChI=1S/C17H15F2NO3S/c1-10-7-8-11(16(22)23-2)9-13(10)20-15(21)12-5-3-4-6-14(12)24-17(18)19/h3-9,17H,1-2H3,(H,20,21). The summed E-state index contributed by atoms with van der Waals surface area (Å²) in [6, 6.07) is 10.9. The number of nitrogens with one attached hydrogen (secondary N) is 1. The number of carbonyl (C=O) groups is 2. The molecular formula is C17H15F2NO3S. The molecule has 0 aromatic heterocycles. The van der Waals surface area contributed by atoms with E-state index in [1.807, 2.05) is 0 Å². The van der Waals surface area contributed by atoms with E-state index in [1.165, 1.54) is 25.3 Å². The third-order valence-corrected chi connectivity index (χ3v) is 4.04. The summed E-state index contributed by atoms with van der Waals surface area (Å²) < 4.78 is 29.9. The molecule has 0 bridgehead atoms. The smallest absolute Gasteiger partial charge is 0.337 e. The van der Waals surface area contributed by atoms with Crippen molar-refractivity contribution in [1.29, 1.82) is 0 Å². The summed E-state index contributed by atoms with van der Waals surface area (Å²) in [6.45, 7) is 1.76. The molecule has 0 aliphatic heterocycles. The molecule has 2 aromatic carbocycles. The van der Waals surface area contributed by atoms with Crippen molar-refractivity contribution in [3.63, 3.8) is 0 Å². The van der Waals surface area contributed by atoms with Crippen LogP contribution in [0.1, 0.15) is 26.3 Å². The van der Waals surface area contributed by atoms with E-state index in [1.54, 1.807) is 31.2 Å². The Bertz CT molecular complexity index is 765. The van der Waals surface area contributed by atoms with Crippen molar-refractivity contribution in [3.8, 4) is 0 Å². The molecule has 0 unspecified atom stereocenters. The van der Waals surface area contributed by atoms with E-state index >= 15 is 0 Å². The molecule has 0 heterocycles. The number of rotatable bonds is 5. The number of amides is 1. The van der Waals surface area contributed by atoms with Crippen molar-refractivity contribution in [2.45, 2.75) is 17.6 Å². The molecule has 1 N–H and O–H groups in total. The lowest BCUT2D eigenvalue weighted by Gasteiger charge is -2.12. The number of benzene rings is 2. The molecule has 2 aromatic rings. The van der Waals surface area contributed by atoms with Crippen LogP contribution in [0.15, 0.2) is 47.4 Å². The number of hydrogen-bond acceptors (Lipinski definition) is 4. The van der Waals surface area contributed by atoms with E-state index in [0.29, 0.717) is 17.4 Å². The van der Waals surface area contributed by atoms with Gasteiger partial charge in [-0.3, -0.25) is 4.79 Å².